The van der Waals surface area contributed by atoms with Gasteiger partial charge in [0, 0.05) is 11.4 Å². The van der Waals surface area contributed by atoms with Gasteiger partial charge in [0.25, 0.3) is 0 Å². The van der Waals surface area contributed by atoms with Crippen molar-refractivity contribution in [3.63, 3.8) is 0 Å². The average Bonchev–Trinajstić information content (AvgIpc) is 2.23. The topological polar surface area (TPSA) is 20.2 Å². The van der Waals surface area contributed by atoms with Crippen LogP contribution in [0.5, 0.6) is 0 Å². The minimum Gasteiger partial charge on any atom is -0.390 e. The molecular weight excluding hydrogens is 227 g/mol. The van der Waals surface area contributed by atoms with Crippen LogP contribution in [0.1, 0.15) is 37.7 Å². The van der Waals surface area contributed by atoms with E-state index < -0.39 is 5.60 Å². The van der Waals surface area contributed by atoms with Crippen molar-refractivity contribution in [3.8, 4) is 0 Å². The third-order valence-corrected chi connectivity index (χ3v) is 3.55. The van der Waals surface area contributed by atoms with Gasteiger partial charge >= 0.3 is 0 Å². The van der Waals surface area contributed by atoms with E-state index in [-0.39, 0.29) is 5.82 Å². The first-order valence-corrected chi connectivity index (χ1v) is 6.13. The average molecular weight is 243 g/mol. The minimum atomic E-state index is -0.715. The van der Waals surface area contributed by atoms with E-state index in [2.05, 4.69) is 0 Å². The summed E-state index contributed by atoms with van der Waals surface area (Å²) < 4.78 is 13.6. The van der Waals surface area contributed by atoms with Crippen molar-refractivity contribution in [2.75, 3.05) is 0 Å². The van der Waals surface area contributed by atoms with Crippen molar-refractivity contribution in [2.45, 2.75) is 44.1 Å². The van der Waals surface area contributed by atoms with E-state index in [9.17, 15) is 9.50 Å². The lowest BCUT2D eigenvalue weighted by atomic mass is 9.80. The first-order chi connectivity index (χ1) is 7.59. The van der Waals surface area contributed by atoms with Crippen LogP contribution in [0, 0.1) is 5.82 Å². The van der Waals surface area contributed by atoms with Crippen LogP contribution in [-0.2, 0) is 6.42 Å². The summed E-state index contributed by atoms with van der Waals surface area (Å²) in [5, 5.41) is 10.7. The lowest BCUT2D eigenvalue weighted by molar-refractivity contribution is 0.00380. The predicted molar refractivity (Wildman–Crippen MR) is 63.1 cm³/mol. The van der Waals surface area contributed by atoms with Gasteiger partial charge in [-0.3, -0.25) is 0 Å². The summed E-state index contributed by atoms with van der Waals surface area (Å²) >= 11 is 5.69. The van der Waals surface area contributed by atoms with E-state index in [1.807, 2.05) is 0 Å². The van der Waals surface area contributed by atoms with Gasteiger partial charge in [-0.05, 0) is 30.5 Å². The first-order valence-electron chi connectivity index (χ1n) is 5.75. The molecule has 0 spiro atoms. The minimum absolute atomic E-state index is 0.313. The molecule has 0 aromatic heterocycles. The lowest BCUT2D eigenvalue weighted by Gasteiger charge is -2.32. The van der Waals surface area contributed by atoms with Gasteiger partial charge in [-0.2, -0.15) is 0 Å². The van der Waals surface area contributed by atoms with Crippen LogP contribution in [0.4, 0.5) is 4.39 Å². The van der Waals surface area contributed by atoms with Gasteiger partial charge in [0.15, 0.2) is 0 Å². The van der Waals surface area contributed by atoms with Gasteiger partial charge in [0.2, 0.25) is 0 Å². The van der Waals surface area contributed by atoms with Gasteiger partial charge in [-0.1, -0.05) is 36.9 Å². The molecule has 3 heteroatoms. The molecule has 0 atom stereocenters. The Morgan fingerprint density at radius 3 is 2.56 bits per heavy atom. The summed E-state index contributed by atoms with van der Waals surface area (Å²) in [5.41, 5.74) is -0.152. The van der Waals surface area contributed by atoms with Gasteiger partial charge in [-0.15, -0.1) is 0 Å². The Hall–Kier alpha value is -0.600. The first kappa shape index (κ1) is 11.9. The lowest BCUT2D eigenvalue weighted by Crippen LogP contribution is -2.34. The number of benzene rings is 1. The summed E-state index contributed by atoms with van der Waals surface area (Å²) in [4.78, 5) is 0. The molecule has 2 rings (SSSR count). The fourth-order valence-electron chi connectivity index (χ4n) is 2.41. The number of hydrogen-bond acceptors (Lipinski definition) is 1. The Bertz CT molecular complexity index is 372. The quantitative estimate of drug-likeness (QED) is 0.838. The molecule has 1 saturated carbocycles. The van der Waals surface area contributed by atoms with E-state index in [4.69, 9.17) is 11.6 Å². The Labute approximate surface area is 100 Å². The summed E-state index contributed by atoms with van der Waals surface area (Å²) in [6, 6.07) is 4.65. The monoisotopic (exact) mass is 242 g/mol. The molecule has 0 heterocycles. The van der Waals surface area contributed by atoms with Crippen molar-refractivity contribution in [2.24, 2.45) is 0 Å². The van der Waals surface area contributed by atoms with E-state index in [1.165, 1.54) is 12.5 Å². The largest absolute Gasteiger partial charge is 0.390 e. The Kier molecular flexibility index (Phi) is 3.50. The standard InChI is InChI=1S/C13H16ClFO/c14-11-5-4-10(12(15)8-11)9-13(16)6-2-1-3-7-13/h4-5,8,16H,1-3,6-7,9H2. The summed E-state index contributed by atoms with van der Waals surface area (Å²) in [7, 11) is 0. The highest BCUT2D eigenvalue weighted by Crippen LogP contribution is 2.32. The second kappa shape index (κ2) is 4.72. The van der Waals surface area contributed by atoms with Crippen LogP contribution in [0.2, 0.25) is 5.02 Å². The van der Waals surface area contributed by atoms with Gasteiger partial charge in [-0.25, -0.2) is 4.39 Å². The molecule has 1 aliphatic rings. The smallest absolute Gasteiger partial charge is 0.127 e. The molecule has 88 valence electrons. The highest BCUT2D eigenvalue weighted by atomic mass is 35.5. The molecule has 1 aliphatic carbocycles. The van der Waals surface area contributed by atoms with Crippen LogP contribution >= 0.6 is 11.6 Å². The fourth-order valence-corrected chi connectivity index (χ4v) is 2.57. The second-order valence-electron chi connectivity index (χ2n) is 4.70. The SMILES string of the molecule is OC1(Cc2ccc(Cl)cc2F)CCCCC1. The van der Waals surface area contributed by atoms with Crippen LogP contribution in [0.15, 0.2) is 18.2 Å². The zero-order valence-corrected chi connectivity index (χ0v) is 9.93. The van der Waals surface area contributed by atoms with Crippen molar-refractivity contribution in [1.29, 1.82) is 0 Å². The van der Waals surface area contributed by atoms with Crippen molar-refractivity contribution < 1.29 is 9.50 Å². The number of hydrogen-bond donors (Lipinski definition) is 1. The number of halogens is 2. The van der Waals surface area contributed by atoms with Gasteiger partial charge < -0.3 is 5.11 Å². The molecule has 0 unspecified atom stereocenters. The molecule has 1 fully saturated rings. The van der Waals surface area contributed by atoms with E-state index >= 15 is 0 Å². The van der Waals surface area contributed by atoms with E-state index in [0.717, 1.165) is 25.7 Å². The highest BCUT2D eigenvalue weighted by molar-refractivity contribution is 6.30. The van der Waals surface area contributed by atoms with Crippen LogP contribution in [-0.4, -0.2) is 10.7 Å². The third-order valence-electron chi connectivity index (χ3n) is 3.32. The summed E-state index contributed by atoms with van der Waals surface area (Å²) in [6.45, 7) is 0. The van der Waals surface area contributed by atoms with Gasteiger partial charge in [0.05, 0.1) is 5.60 Å². The molecule has 0 radical (unpaired) electrons. The van der Waals surface area contributed by atoms with Crippen LogP contribution in [0.3, 0.4) is 0 Å². The van der Waals surface area contributed by atoms with E-state index in [0.29, 0.717) is 17.0 Å². The molecule has 1 aromatic rings. The molecule has 1 nitrogen and oxygen atoms in total. The van der Waals surface area contributed by atoms with Crippen LogP contribution in [0.25, 0.3) is 0 Å². The Morgan fingerprint density at radius 2 is 1.94 bits per heavy atom. The molecule has 0 bridgehead atoms. The van der Waals surface area contributed by atoms with Gasteiger partial charge in [0.1, 0.15) is 5.82 Å². The number of aliphatic hydroxyl groups is 1. The second-order valence-corrected chi connectivity index (χ2v) is 5.13. The normalized spacial score (nSPS) is 19.7. The third kappa shape index (κ3) is 2.74. The summed E-state index contributed by atoms with van der Waals surface area (Å²) in [6.07, 6.45) is 5.18. The molecule has 16 heavy (non-hydrogen) atoms. The maximum Gasteiger partial charge on any atom is 0.127 e. The van der Waals surface area contributed by atoms with Crippen molar-refractivity contribution in [1.82, 2.24) is 0 Å². The maximum atomic E-state index is 13.6. The van der Waals surface area contributed by atoms with Crippen molar-refractivity contribution >= 4 is 11.6 Å². The highest BCUT2D eigenvalue weighted by Gasteiger charge is 2.30. The predicted octanol–water partition coefficient (Wildman–Crippen LogP) is 3.72. The Morgan fingerprint density at radius 1 is 1.25 bits per heavy atom. The zero-order valence-electron chi connectivity index (χ0n) is 9.18. The fraction of sp³-hybridized carbons (Fsp3) is 0.538. The van der Waals surface area contributed by atoms with Crippen molar-refractivity contribution in [3.05, 3.63) is 34.6 Å². The molecule has 1 N–H and O–H groups in total. The summed E-state index contributed by atoms with van der Waals surface area (Å²) in [5.74, 6) is -0.313. The molecule has 1 aromatic carbocycles. The molecule has 0 saturated heterocycles. The zero-order chi connectivity index (χ0) is 11.6. The molecule has 0 aliphatic heterocycles. The molecular formula is C13H16ClFO. The Balaban J connectivity index is 2.13. The molecule has 0 amide bonds. The maximum absolute atomic E-state index is 13.6. The number of rotatable bonds is 2. The van der Waals surface area contributed by atoms with Crippen LogP contribution < -0.4 is 0 Å². The van der Waals surface area contributed by atoms with E-state index in [1.54, 1.807) is 12.1 Å².